The lowest BCUT2D eigenvalue weighted by Gasteiger charge is -2.34. The molecule has 1 aliphatic heterocycles. The first-order valence-corrected chi connectivity index (χ1v) is 7.18. The molecule has 1 saturated carbocycles. The van der Waals surface area contributed by atoms with Gasteiger partial charge in [-0.2, -0.15) is 0 Å². The number of rotatable bonds is 5. The van der Waals surface area contributed by atoms with Crippen molar-refractivity contribution in [2.24, 2.45) is 5.92 Å². The van der Waals surface area contributed by atoms with Gasteiger partial charge in [0.1, 0.15) is 0 Å². The SMILES string of the molecule is CCCCN(C)C(=O)[C@@H]1CCC(=O)N(C2CC2)C1. The summed E-state index contributed by atoms with van der Waals surface area (Å²) in [6, 6.07) is 0.439. The van der Waals surface area contributed by atoms with E-state index in [1.54, 1.807) is 0 Å². The highest BCUT2D eigenvalue weighted by molar-refractivity contribution is 5.84. The molecule has 18 heavy (non-hydrogen) atoms. The van der Waals surface area contributed by atoms with Crippen LogP contribution >= 0.6 is 0 Å². The van der Waals surface area contributed by atoms with E-state index in [-0.39, 0.29) is 17.7 Å². The van der Waals surface area contributed by atoms with E-state index in [0.717, 1.165) is 38.6 Å². The van der Waals surface area contributed by atoms with Gasteiger partial charge in [0.2, 0.25) is 11.8 Å². The molecular weight excluding hydrogens is 228 g/mol. The van der Waals surface area contributed by atoms with Crippen molar-refractivity contribution in [1.29, 1.82) is 0 Å². The van der Waals surface area contributed by atoms with E-state index >= 15 is 0 Å². The van der Waals surface area contributed by atoms with E-state index in [9.17, 15) is 9.59 Å². The zero-order valence-corrected chi connectivity index (χ0v) is 11.5. The lowest BCUT2D eigenvalue weighted by molar-refractivity contribution is -0.142. The van der Waals surface area contributed by atoms with E-state index in [2.05, 4.69) is 6.92 Å². The maximum Gasteiger partial charge on any atom is 0.227 e. The molecule has 2 amide bonds. The van der Waals surface area contributed by atoms with Crippen LogP contribution in [-0.4, -0.2) is 47.8 Å². The summed E-state index contributed by atoms with van der Waals surface area (Å²) < 4.78 is 0. The van der Waals surface area contributed by atoms with Crippen LogP contribution < -0.4 is 0 Å². The molecule has 1 saturated heterocycles. The summed E-state index contributed by atoms with van der Waals surface area (Å²) in [4.78, 5) is 27.9. The summed E-state index contributed by atoms with van der Waals surface area (Å²) in [5, 5.41) is 0. The van der Waals surface area contributed by atoms with Crippen LogP contribution in [0, 0.1) is 5.92 Å². The van der Waals surface area contributed by atoms with Gasteiger partial charge in [0.15, 0.2) is 0 Å². The molecule has 0 unspecified atom stereocenters. The molecular formula is C14H24N2O2. The highest BCUT2D eigenvalue weighted by atomic mass is 16.2. The molecule has 2 aliphatic rings. The number of unbranched alkanes of at least 4 members (excludes halogenated alkanes) is 1. The molecule has 0 aromatic rings. The van der Waals surface area contributed by atoms with Gasteiger partial charge in [0, 0.05) is 32.6 Å². The quantitative estimate of drug-likeness (QED) is 0.746. The third-order valence-corrected chi connectivity index (χ3v) is 4.00. The van der Waals surface area contributed by atoms with Crippen molar-refractivity contribution < 1.29 is 9.59 Å². The van der Waals surface area contributed by atoms with Gasteiger partial charge in [-0.15, -0.1) is 0 Å². The van der Waals surface area contributed by atoms with Crippen LogP contribution in [-0.2, 0) is 9.59 Å². The van der Waals surface area contributed by atoms with E-state index < -0.39 is 0 Å². The van der Waals surface area contributed by atoms with E-state index in [4.69, 9.17) is 0 Å². The minimum Gasteiger partial charge on any atom is -0.345 e. The first kappa shape index (κ1) is 13.4. The van der Waals surface area contributed by atoms with Gasteiger partial charge in [0.05, 0.1) is 5.92 Å². The molecule has 1 heterocycles. The monoisotopic (exact) mass is 252 g/mol. The molecule has 0 radical (unpaired) electrons. The largest absolute Gasteiger partial charge is 0.345 e. The Morgan fingerprint density at radius 2 is 2.11 bits per heavy atom. The zero-order valence-electron chi connectivity index (χ0n) is 11.5. The van der Waals surface area contributed by atoms with Crippen molar-refractivity contribution in [2.75, 3.05) is 20.1 Å². The second-order valence-electron chi connectivity index (χ2n) is 5.63. The first-order chi connectivity index (χ1) is 8.63. The van der Waals surface area contributed by atoms with Crippen LogP contribution in [0.25, 0.3) is 0 Å². The van der Waals surface area contributed by atoms with Gasteiger partial charge in [-0.05, 0) is 25.7 Å². The topological polar surface area (TPSA) is 40.6 Å². The summed E-state index contributed by atoms with van der Waals surface area (Å²) in [5.74, 6) is 0.504. The average Bonchev–Trinajstić information content (AvgIpc) is 3.20. The fourth-order valence-corrected chi connectivity index (χ4v) is 2.63. The molecule has 1 aliphatic carbocycles. The number of carbonyl (C=O) groups is 2. The van der Waals surface area contributed by atoms with E-state index in [1.165, 1.54) is 0 Å². The van der Waals surface area contributed by atoms with Crippen LogP contribution in [0.3, 0.4) is 0 Å². The fourth-order valence-electron chi connectivity index (χ4n) is 2.63. The highest BCUT2D eigenvalue weighted by Crippen LogP contribution is 2.32. The zero-order chi connectivity index (χ0) is 13.1. The van der Waals surface area contributed by atoms with Crippen molar-refractivity contribution in [3.63, 3.8) is 0 Å². The van der Waals surface area contributed by atoms with Crippen molar-refractivity contribution in [3.05, 3.63) is 0 Å². The van der Waals surface area contributed by atoms with Crippen LogP contribution in [0.15, 0.2) is 0 Å². The Hall–Kier alpha value is -1.06. The number of hydrogen-bond donors (Lipinski definition) is 0. The minimum absolute atomic E-state index is 0.0326. The maximum absolute atomic E-state index is 12.3. The molecule has 0 N–H and O–H groups in total. The van der Waals surface area contributed by atoms with Crippen LogP contribution in [0.5, 0.6) is 0 Å². The van der Waals surface area contributed by atoms with Gasteiger partial charge < -0.3 is 9.80 Å². The standard InChI is InChI=1S/C14H24N2O2/c1-3-4-9-15(2)14(18)11-5-8-13(17)16(10-11)12-6-7-12/h11-12H,3-10H2,1-2H3/t11-/m1/s1. The second-order valence-corrected chi connectivity index (χ2v) is 5.63. The number of amides is 2. The summed E-state index contributed by atoms with van der Waals surface area (Å²) in [6.45, 7) is 3.62. The fraction of sp³-hybridized carbons (Fsp3) is 0.857. The molecule has 0 spiro atoms. The number of hydrogen-bond acceptors (Lipinski definition) is 2. The maximum atomic E-state index is 12.3. The van der Waals surface area contributed by atoms with Crippen LogP contribution in [0.4, 0.5) is 0 Å². The number of piperidine rings is 1. The summed E-state index contributed by atoms with van der Waals surface area (Å²) in [7, 11) is 1.88. The first-order valence-electron chi connectivity index (χ1n) is 7.18. The summed E-state index contributed by atoms with van der Waals surface area (Å²) in [6.07, 6.45) is 5.69. The third kappa shape index (κ3) is 3.03. The lowest BCUT2D eigenvalue weighted by Crippen LogP contribution is -2.47. The summed E-state index contributed by atoms with van der Waals surface area (Å²) >= 11 is 0. The smallest absolute Gasteiger partial charge is 0.227 e. The molecule has 0 bridgehead atoms. The Labute approximate surface area is 109 Å². The van der Waals surface area contributed by atoms with Gasteiger partial charge in [-0.3, -0.25) is 9.59 Å². The molecule has 0 aromatic heterocycles. The van der Waals surface area contributed by atoms with Crippen molar-refractivity contribution in [2.45, 2.75) is 51.5 Å². The third-order valence-electron chi connectivity index (χ3n) is 4.00. The van der Waals surface area contributed by atoms with Crippen LogP contribution in [0.2, 0.25) is 0 Å². The predicted molar refractivity (Wildman–Crippen MR) is 70.0 cm³/mol. The Morgan fingerprint density at radius 1 is 1.39 bits per heavy atom. The van der Waals surface area contributed by atoms with Gasteiger partial charge in [0.25, 0.3) is 0 Å². The number of likely N-dealkylation sites (tertiary alicyclic amines) is 1. The van der Waals surface area contributed by atoms with E-state index in [1.807, 2.05) is 16.8 Å². The normalized spacial score (nSPS) is 24.2. The van der Waals surface area contributed by atoms with Crippen molar-refractivity contribution in [1.82, 2.24) is 9.80 Å². The molecule has 4 heteroatoms. The van der Waals surface area contributed by atoms with Gasteiger partial charge in [-0.1, -0.05) is 13.3 Å². The molecule has 4 nitrogen and oxygen atoms in total. The highest BCUT2D eigenvalue weighted by Gasteiger charge is 2.39. The second kappa shape index (κ2) is 5.72. The Morgan fingerprint density at radius 3 is 2.72 bits per heavy atom. The molecule has 102 valence electrons. The molecule has 0 aromatic carbocycles. The Kier molecular flexibility index (Phi) is 4.25. The average molecular weight is 252 g/mol. The molecule has 2 fully saturated rings. The molecule has 1 atom stereocenters. The number of nitrogens with zero attached hydrogens (tertiary/aromatic N) is 2. The van der Waals surface area contributed by atoms with Gasteiger partial charge >= 0.3 is 0 Å². The van der Waals surface area contributed by atoms with Crippen molar-refractivity contribution in [3.8, 4) is 0 Å². The predicted octanol–water partition coefficient (Wildman–Crippen LogP) is 1.65. The van der Waals surface area contributed by atoms with E-state index in [0.29, 0.717) is 19.0 Å². The minimum atomic E-state index is 0.0326. The van der Waals surface area contributed by atoms with Crippen LogP contribution in [0.1, 0.15) is 45.4 Å². The van der Waals surface area contributed by atoms with Gasteiger partial charge in [-0.25, -0.2) is 0 Å². The summed E-state index contributed by atoms with van der Waals surface area (Å²) in [5.41, 5.74) is 0. The Bertz CT molecular complexity index is 326. The Balaban J connectivity index is 1.88. The number of carbonyl (C=O) groups excluding carboxylic acids is 2. The lowest BCUT2D eigenvalue weighted by atomic mass is 9.96. The van der Waals surface area contributed by atoms with Crippen molar-refractivity contribution >= 4 is 11.8 Å². The molecule has 2 rings (SSSR count).